The van der Waals surface area contributed by atoms with Gasteiger partial charge < -0.3 is 14.2 Å². The highest BCUT2D eigenvalue weighted by Gasteiger charge is 2.26. The van der Waals surface area contributed by atoms with Gasteiger partial charge in [-0.1, -0.05) is 23.9 Å². The summed E-state index contributed by atoms with van der Waals surface area (Å²) in [5, 5.41) is 11.6. The molecule has 0 fully saturated rings. The Bertz CT molecular complexity index is 905. The number of nitrogens with zero attached hydrogens (tertiary/aromatic N) is 2. The SMILES string of the molecule is COC(=O)c1cc(N=C(NC#N)SC)cc2c1Oc1ccccc1O2. The summed E-state index contributed by atoms with van der Waals surface area (Å²) in [5.74, 6) is 1.08. The molecule has 7 nitrogen and oxygen atoms in total. The molecule has 0 spiro atoms. The largest absolute Gasteiger partial charge is 0.465 e. The lowest BCUT2D eigenvalue weighted by Gasteiger charge is -2.22. The highest BCUT2D eigenvalue weighted by atomic mass is 32.2. The maximum absolute atomic E-state index is 12.2. The molecule has 0 radical (unpaired) electrons. The van der Waals surface area contributed by atoms with Crippen molar-refractivity contribution in [2.45, 2.75) is 0 Å². The van der Waals surface area contributed by atoms with E-state index >= 15 is 0 Å². The number of fused-ring (bicyclic) bond motifs is 2. The summed E-state index contributed by atoms with van der Waals surface area (Å²) in [6.45, 7) is 0. The van der Waals surface area contributed by atoms with E-state index in [4.69, 9.17) is 19.5 Å². The highest BCUT2D eigenvalue weighted by molar-refractivity contribution is 8.13. The molecule has 0 aromatic heterocycles. The van der Waals surface area contributed by atoms with Crippen LogP contribution in [0.3, 0.4) is 0 Å². The van der Waals surface area contributed by atoms with Gasteiger partial charge in [0.05, 0.1) is 12.8 Å². The number of hydrogen-bond acceptors (Lipinski definition) is 7. The number of para-hydroxylation sites is 2. The van der Waals surface area contributed by atoms with E-state index in [9.17, 15) is 4.79 Å². The van der Waals surface area contributed by atoms with Gasteiger partial charge >= 0.3 is 5.97 Å². The van der Waals surface area contributed by atoms with Gasteiger partial charge in [-0.3, -0.25) is 5.32 Å². The van der Waals surface area contributed by atoms with Crippen molar-refractivity contribution in [3.05, 3.63) is 42.0 Å². The summed E-state index contributed by atoms with van der Waals surface area (Å²) in [7, 11) is 1.28. The number of rotatable bonds is 2. The minimum absolute atomic E-state index is 0.186. The zero-order chi connectivity index (χ0) is 17.8. The van der Waals surface area contributed by atoms with Crippen molar-refractivity contribution in [1.82, 2.24) is 5.32 Å². The third-order valence-corrected chi connectivity index (χ3v) is 3.89. The number of methoxy groups -OCH3 is 1. The van der Waals surface area contributed by atoms with Gasteiger partial charge in [0, 0.05) is 6.07 Å². The number of ether oxygens (including phenoxy) is 3. The summed E-state index contributed by atoms with van der Waals surface area (Å²) in [4.78, 5) is 16.5. The molecule has 25 heavy (non-hydrogen) atoms. The van der Waals surface area contributed by atoms with Gasteiger partial charge in [-0.2, -0.15) is 5.26 Å². The Morgan fingerprint density at radius 3 is 2.60 bits per heavy atom. The fourth-order valence-electron chi connectivity index (χ4n) is 2.23. The fourth-order valence-corrected chi connectivity index (χ4v) is 2.58. The van der Waals surface area contributed by atoms with E-state index in [2.05, 4.69) is 10.3 Å². The quantitative estimate of drug-likeness (QED) is 0.246. The standard InChI is InChI=1S/C17H13N3O4S/c1-22-16(21)11-7-10(20-17(25-2)19-9-18)8-14-15(11)24-13-6-4-3-5-12(13)23-14/h3-8H,1-2H3,(H,19,20). The summed E-state index contributed by atoms with van der Waals surface area (Å²) in [6.07, 6.45) is 3.59. The van der Waals surface area contributed by atoms with Gasteiger partial charge in [0.25, 0.3) is 0 Å². The van der Waals surface area contributed by atoms with E-state index in [0.717, 1.165) is 0 Å². The van der Waals surface area contributed by atoms with Crippen LogP contribution in [0, 0.1) is 11.5 Å². The topological polar surface area (TPSA) is 92.9 Å². The number of aliphatic imine (C=N–C) groups is 1. The first-order chi connectivity index (χ1) is 12.2. The van der Waals surface area contributed by atoms with E-state index < -0.39 is 5.97 Å². The molecule has 0 bridgehead atoms. The third kappa shape index (κ3) is 3.36. The zero-order valence-corrected chi connectivity index (χ0v) is 14.2. The van der Waals surface area contributed by atoms with Gasteiger partial charge in [0.2, 0.25) is 0 Å². The molecular weight excluding hydrogens is 342 g/mol. The summed E-state index contributed by atoms with van der Waals surface area (Å²) >= 11 is 1.26. The highest BCUT2D eigenvalue weighted by Crippen LogP contribution is 2.48. The molecule has 1 heterocycles. The molecule has 0 aliphatic carbocycles. The molecule has 1 aliphatic rings. The fraction of sp³-hybridized carbons (Fsp3) is 0.118. The Morgan fingerprint density at radius 2 is 1.96 bits per heavy atom. The van der Waals surface area contributed by atoms with Crippen LogP contribution in [0.15, 0.2) is 41.4 Å². The Hall–Kier alpha value is -3.18. The van der Waals surface area contributed by atoms with Crippen LogP contribution in [0.25, 0.3) is 0 Å². The third-order valence-electron chi connectivity index (χ3n) is 3.31. The number of carbonyl (C=O) groups excluding carboxylic acids is 1. The lowest BCUT2D eigenvalue weighted by atomic mass is 10.1. The monoisotopic (exact) mass is 355 g/mol. The number of hydrogen-bond donors (Lipinski definition) is 1. The van der Waals surface area contributed by atoms with Crippen LogP contribution < -0.4 is 14.8 Å². The number of amidine groups is 1. The van der Waals surface area contributed by atoms with E-state index in [1.54, 1.807) is 24.5 Å². The molecule has 3 rings (SSSR count). The van der Waals surface area contributed by atoms with Crippen LogP contribution in [0.5, 0.6) is 23.0 Å². The van der Waals surface area contributed by atoms with E-state index in [1.165, 1.54) is 24.9 Å². The minimum atomic E-state index is -0.574. The minimum Gasteiger partial charge on any atom is -0.465 e. The van der Waals surface area contributed by atoms with Crippen LogP contribution >= 0.6 is 11.8 Å². The molecular formula is C17H13N3O4S. The number of nitriles is 1. The van der Waals surface area contributed by atoms with Crippen LogP contribution in [0.2, 0.25) is 0 Å². The van der Waals surface area contributed by atoms with E-state index in [0.29, 0.717) is 28.1 Å². The number of thioether (sulfide) groups is 1. The second-order valence-electron chi connectivity index (χ2n) is 4.82. The summed E-state index contributed by atoms with van der Waals surface area (Å²) in [6, 6.07) is 10.3. The zero-order valence-electron chi connectivity index (χ0n) is 13.4. The maximum atomic E-state index is 12.2. The Kier molecular flexibility index (Phi) is 4.77. The average Bonchev–Trinajstić information content (AvgIpc) is 2.64. The molecule has 8 heteroatoms. The normalized spacial score (nSPS) is 12.0. The van der Waals surface area contributed by atoms with Gasteiger partial charge in [-0.15, -0.1) is 0 Å². The lowest BCUT2D eigenvalue weighted by molar-refractivity contribution is 0.0597. The predicted molar refractivity (Wildman–Crippen MR) is 93.7 cm³/mol. The summed E-state index contributed by atoms with van der Waals surface area (Å²) in [5.41, 5.74) is 0.611. The second-order valence-corrected chi connectivity index (χ2v) is 5.62. The Labute approximate surface area is 148 Å². The molecule has 2 aromatic rings. The molecule has 0 amide bonds. The van der Waals surface area contributed by atoms with Gasteiger partial charge in [-0.05, 0) is 24.5 Å². The molecule has 1 aliphatic heterocycles. The van der Waals surface area contributed by atoms with E-state index in [-0.39, 0.29) is 11.3 Å². The van der Waals surface area contributed by atoms with Crippen LogP contribution in [-0.4, -0.2) is 24.5 Å². The first kappa shape index (κ1) is 16.7. The molecule has 0 saturated heterocycles. The van der Waals surface area contributed by atoms with Crippen LogP contribution in [-0.2, 0) is 4.74 Å². The molecule has 0 atom stereocenters. The maximum Gasteiger partial charge on any atom is 0.341 e. The Balaban J connectivity index is 2.11. The van der Waals surface area contributed by atoms with Crippen molar-refractivity contribution in [3.8, 4) is 29.2 Å². The number of carbonyl (C=O) groups is 1. The molecule has 0 saturated carbocycles. The molecule has 2 aromatic carbocycles. The number of nitrogens with one attached hydrogen (secondary N) is 1. The van der Waals surface area contributed by atoms with Crippen molar-refractivity contribution < 1.29 is 19.0 Å². The van der Waals surface area contributed by atoms with Crippen LogP contribution in [0.4, 0.5) is 5.69 Å². The second kappa shape index (κ2) is 7.15. The van der Waals surface area contributed by atoms with Gasteiger partial charge in [-0.25, -0.2) is 9.79 Å². The molecule has 1 N–H and O–H groups in total. The van der Waals surface area contributed by atoms with Gasteiger partial charge in [0.1, 0.15) is 5.56 Å². The van der Waals surface area contributed by atoms with Crippen LogP contribution in [0.1, 0.15) is 10.4 Å². The van der Waals surface area contributed by atoms with Crippen molar-refractivity contribution in [3.63, 3.8) is 0 Å². The van der Waals surface area contributed by atoms with Crippen molar-refractivity contribution in [2.24, 2.45) is 4.99 Å². The first-order valence-electron chi connectivity index (χ1n) is 7.15. The van der Waals surface area contributed by atoms with E-state index in [1.807, 2.05) is 18.3 Å². The lowest BCUT2D eigenvalue weighted by Crippen LogP contribution is -2.12. The molecule has 0 unspecified atom stereocenters. The number of esters is 1. The predicted octanol–water partition coefficient (Wildman–Crippen LogP) is 3.79. The van der Waals surface area contributed by atoms with Gasteiger partial charge in [0.15, 0.2) is 34.4 Å². The average molecular weight is 355 g/mol. The van der Waals surface area contributed by atoms with Crippen molar-refractivity contribution in [2.75, 3.05) is 13.4 Å². The molecule has 126 valence electrons. The van der Waals surface area contributed by atoms with Crippen molar-refractivity contribution >= 4 is 28.6 Å². The first-order valence-corrected chi connectivity index (χ1v) is 8.37. The number of benzene rings is 2. The van der Waals surface area contributed by atoms with Crippen molar-refractivity contribution in [1.29, 1.82) is 5.26 Å². The Morgan fingerprint density at radius 1 is 1.24 bits per heavy atom. The smallest absolute Gasteiger partial charge is 0.341 e. The summed E-state index contributed by atoms with van der Waals surface area (Å²) < 4.78 is 16.5.